The first-order valence-electron chi connectivity index (χ1n) is 8.40. The van der Waals surface area contributed by atoms with Crippen molar-refractivity contribution in [3.05, 3.63) is 54.1 Å². The molecule has 0 aromatic heterocycles. The Balaban J connectivity index is 1.61. The summed E-state index contributed by atoms with van der Waals surface area (Å²) in [6.07, 6.45) is 3.83. The van der Waals surface area contributed by atoms with Crippen molar-refractivity contribution in [1.82, 2.24) is 4.90 Å². The molecule has 2 aromatic carbocycles. The van der Waals surface area contributed by atoms with Gasteiger partial charge in [-0.25, -0.2) is 0 Å². The van der Waals surface area contributed by atoms with Gasteiger partial charge in [0.15, 0.2) is 6.19 Å². The van der Waals surface area contributed by atoms with Crippen LogP contribution in [0.25, 0.3) is 11.1 Å². The van der Waals surface area contributed by atoms with Crippen LogP contribution >= 0.6 is 0 Å². The molecule has 1 saturated heterocycles. The van der Waals surface area contributed by atoms with Crippen LogP contribution in [0.4, 0.5) is 5.69 Å². The predicted molar refractivity (Wildman–Crippen MR) is 93.2 cm³/mol. The van der Waals surface area contributed by atoms with Crippen molar-refractivity contribution in [2.75, 3.05) is 24.5 Å². The van der Waals surface area contributed by atoms with Crippen LogP contribution in [0.2, 0.25) is 0 Å². The molecule has 1 atom stereocenters. The fraction of sp³-hybridized carbons (Fsp3) is 0.300. The molecule has 24 heavy (non-hydrogen) atoms. The highest BCUT2D eigenvalue weighted by Crippen LogP contribution is 2.34. The van der Waals surface area contributed by atoms with E-state index in [2.05, 4.69) is 36.5 Å². The normalized spacial score (nSPS) is 19.2. The first-order chi connectivity index (χ1) is 11.8. The number of nitrogens with zero attached hydrogens (tertiary/aromatic N) is 3. The maximum Gasteiger partial charge on any atom is 0.231 e. The number of amides is 1. The Hall–Kier alpha value is -2.80. The zero-order valence-electron chi connectivity index (χ0n) is 13.5. The molecule has 0 spiro atoms. The van der Waals surface area contributed by atoms with Gasteiger partial charge in [-0.15, -0.1) is 0 Å². The van der Waals surface area contributed by atoms with E-state index in [1.165, 1.54) is 5.56 Å². The van der Waals surface area contributed by atoms with Crippen molar-refractivity contribution in [3.8, 4) is 17.3 Å². The smallest absolute Gasteiger partial charge is 0.231 e. The van der Waals surface area contributed by atoms with Crippen LogP contribution in [0.5, 0.6) is 0 Å². The first kappa shape index (κ1) is 14.8. The highest BCUT2D eigenvalue weighted by Gasteiger charge is 2.34. The molecule has 1 fully saturated rings. The van der Waals surface area contributed by atoms with E-state index in [-0.39, 0.29) is 11.8 Å². The quantitative estimate of drug-likeness (QED) is 0.800. The van der Waals surface area contributed by atoms with E-state index in [0.717, 1.165) is 36.2 Å². The third-order valence-corrected chi connectivity index (χ3v) is 5.03. The number of rotatable bonds is 2. The Kier molecular flexibility index (Phi) is 3.70. The van der Waals surface area contributed by atoms with Crippen LogP contribution in [-0.2, 0) is 11.2 Å². The average Bonchev–Trinajstić information content (AvgIpc) is 3.28. The number of likely N-dealkylation sites (tertiary alicyclic amines) is 1. The number of carbonyl (C=O) groups excluding carboxylic acids is 1. The van der Waals surface area contributed by atoms with Gasteiger partial charge in [-0.05, 0) is 35.6 Å². The monoisotopic (exact) mass is 317 g/mol. The van der Waals surface area contributed by atoms with Gasteiger partial charge in [0.25, 0.3) is 0 Å². The van der Waals surface area contributed by atoms with Crippen molar-refractivity contribution in [2.45, 2.75) is 12.8 Å². The molecular weight excluding hydrogens is 298 g/mol. The lowest BCUT2D eigenvalue weighted by Crippen LogP contribution is -2.35. The van der Waals surface area contributed by atoms with Gasteiger partial charge in [0, 0.05) is 25.3 Å². The van der Waals surface area contributed by atoms with Gasteiger partial charge in [0.1, 0.15) is 0 Å². The molecular formula is C20H19N3O. The number of benzene rings is 2. The topological polar surface area (TPSA) is 47.3 Å². The van der Waals surface area contributed by atoms with Crippen LogP contribution in [0.3, 0.4) is 0 Å². The summed E-state index contributed by atoms with van der Waals surface area (Å²) in [5.74, 6) is 0.104. The van der Waals surface area contributed by atoms with E-state index >= 15 is 0 Å². The van der Waals surface area contributed by atoms with E-state index in [1.54, 1.807) is 4.90 Å². The number of nitriles is 1. The molecule has 2 aliphatic heterocycles. The van der Waals surface area contributed by atoms with Crippen molar-refractivity contribution in [2.24, 2.45) is 5.92 Å². The standard InChI is InChI=1S/C20H19N3O/c21-14-22-10-8-18(13-22)20(24)23-11-9-16-6-7-17(12-19(16)23)15-4-2-1-3-5-15/h1-7,12,18H,8-11,13H2/t18-/m1/s1. The van der Waals surface area contributed by atoms with Crippen LogP contribution in [0, 0.1) is 17.4 Å². The predicted octanol–water partition coefficient (Wildman–Crippen LogP) is 3.05. The molecule has 120 valence electrons. The minimum atomic E-state index is -0.0593. The second-order valence-electron chi connectivity index (χ2n) is 6.48. The molecule has 0 bridgehead atoms. The maximum absolute atomic E-state index is 12.9. The Morgan fingerprint density at radius 3 is 2.67 bits per heavy atom. The SMILES string of the molecule is N#CN1CC[C@@H](C(=O)N2CCc3ccc(-c4ccccc4)cc32)C1. The minimum absolute atomic E-state index is 0.0593. The van der Waals surface area contributed by atoms with Gasteiger partial charge in [-0.1, -0.05) is 42.5 Å². The summed E-state index contributed by atoms with van der Waals surface area (Å²) in [5, 5.41) is 9.00. The lowest BCUT2D eigenvalue weighted by Gasteiger charge is -2.21. The number of anilines is 1. The molecule has 4 rings (SSSR count). The summed E-state index contributed by atoms with van der Waals surface area (Å²) in [7, 11) is 0. The third kappa shape index (κ3) is 2.52. The fourth-order valence-corrected chi connectivity index (χ4v) is 3.69. The molecule has 1 amide bonds. The van der Waals surface area contributed by atoms with Gasteiger partial charge in [-0.3, -0.25) is 4.79 Å². The summed E-state index contributed by atoms with van der Waals surface area (Å²) in [5.41, 5.74) is 4.57. The van der Waals surface area contributed by atoms with E-state index in [1.807, 2.05) is 23.1 Å². The molecule has 4 nitrogen and oxygen atoms in total. The first-order valence-corrected chi connectivity index (χ1v) is 8.40. The molecule has 0 unspecified atom stereocenters. The zero-order valence-corrected chi connectivity index (χ0v) is 13.5. The number of carbonyl (C=O) groups is 1. The lowest BCUT2D eigenvalue weighted by molar-refractivity contribution is -0.121. The average molecular weight is 317 g/mol. The van der Waals surface area contributed by atoms with Gasteiger partial charge in [0.2, 0.25) is 5.91 Å². The molecule has 2 heterocycles. The van der Waals surface area contributed by atoms with Crippen LogP contribution in [0.1, 0.15) is 12.0 Å². The van der Waals surface area contributed by atoms with E-state index in [0.29, 0.717) is 13.1 Å². The molecule has 4 heteroatoms. The summed E-state index contributed by atoms with van der Waals surface area (Å²) < 4.78 is 0. The molecule has 0 N–H and O–H groups in total. The van der Waals surface area contributed by atoms with Gasteiger partial charge in [-0.2, -0.15) is 5.26 Å². The molecule has 2 aromatic rings. The summed E-state index contributed by atoms with van der Waals surface area (Å²) >= 11 is 0. The Morgan fingerprint density at radius 2 is 1.92 bits per heavy atom. The molecule has 2 aliphatic rings. The number of hydrogen-bond acceptors (Lipinski definition) is 3. The summed E-state index contributed by atoms with van der Waals surface area (Å²) in [4.78, 5) is 16.5. The largest absolute Gasteiger partial charge is 0.311 e. The highest BCUT2D eigenvalue weighted by molar-refractivity contribution is 5.98. The van der Waals surface area contributed by atoms with Crippen molar-refractivity contribution in [3.63, 3.8) is 0 Å². The third-order valence-electron chi connectivity index (χ3n) is 5.03. The Labute approximate surface area is 141 Å². The van der Waals surface area contributed by atoms with Crippen LogP contribution < -0.4 is 4.90 Å². The van der Waals surface area contributed by atoms with E-state index in [4.69, 9.17) is 5.26 Å². The number of fused-ring (bicyclic) bond motifs is 1. The summed E-state index contributed by atoms with van der Waals surface area (Å²) in [6.45, 7) is 1.99. The lowest BCUT2D eigenvalue weighted by atomic mass is 10.0. The molecule has 0 radical (unpaired) electrons. The van der Waals surface area contributed by atoms with Crippen molar-refractivity contribution >= 4 is 11.6 Å². The molecule has 0 aliphatic carbocycles. The van der Waals surface area contributed by atoms with E-state index < -0.39 is 0 Å². The van der Waals surface area contributed by atoms with E-state index in [9.17, 15) is 4.79 Å². The summed E-state index contributed by atoms with van der Waals surface area (Å²) in [6, 6.07) is 16.6. The Bertz CT molecular complexity index is 809. The number of hydrogen-bond donors (Lipinski definition) is 0. The van der Waals surface area contributed by atoms with Crippen LogP contribution in [-0.4, -0.2) is 30.4 Å². The van der Waals surface area contributed by atoms with Crippen molar-refractivity contribution in [1.29, 1.82) is 5.26 Å². The highest BCUT2D eigenvalue weighted by atomic mass is 16.2. The fourth-order valence-electron chi connectivity index (χ4n) is 3.69. The van der Waals surface area contributed by atoms with Gasteiger partial charge in [0.05, 0.1) is 5.92 Å². The second kappa shape index (κ2) is 6.01. The maximum atomic E-state index is 12.9. The van der Waals surface area contributed by atoms with Gasteiger partial charge >= 0.3 is 0 Å². The van der Waals surface area contributed by atoms with Gasteiger partial charge < -0.3 is 9.80 Å². The van der Waals surface area contributed by atoms with Crippen LogP contribution in [0.15, 0.2) is 48.5 Å². The van der Waals surface area contributed by atoms with Crippen molar-refractivity contribution < 1.29 is 4.79 Å². The Morgan fingerprint density at radius 1 is 1.08 bits per heavy atom. The zero-order chi connectivity index (χ0) is 16.5. The second-order valence-corrected chi connectivity index (χ2v) is 6.48. The minimum Gasteiger partial charge on any atom is -0.311 e. The molecule has 0 saturated carbocycles.